The number of aromatic nitrogens is 8. The van der Waals surface area contributed by atoms with Crippen molar-refractivity contribution in [3.63, 3.8) is 0 Å². The second-order valence-corrected chi connectivity index (χ2v) is 24.6. The number of nitrogens with zero attached hydrogens (tertiary/aromatic N) is 9. The van der Waals surface area contributed by atoms with Gasteiger partial charge in [-0.3, -0.25) is 42.7 Å². The molecule has 8 heterocycles. The van der Waals surface area contributed by atoms with Crippen molar-refractivity contribution in [2.45, 2.75) is 119 Å². The van der Waals surface area contributed by atoms with Crippen LogP contribution in [0.4, 0.5) is 17.6 Å². The molecular formula is C67H72BF4IN14O7. The van der Waals surface area contributed by atoms with Gasteiger partial charge in [0.25, 0.3) is 23.6 Å². The number of primary amides is 4. The fourth-order valence-electron chi connectivity index (χ4n) is 11.9. The van der Waals surface area contributed by atoms with Crippen molar-refractivity contribution < 1.29 is 51.6 Å². The van der Waals surface area contributed by atoms with E-state index < -0.39 is 36.5 Å². The first-order chi connectivity index (χ1) is 44.7. The smallest absolute Gasteiger partial charge is 0.423 e. The summed E-state index contributed by atoms with van der Waals surface area (Å²) in [5, 5.41) is 38.2. The Morgan fingerprint density at radius 1 is 0.489 bits per heavy atom. The first kappa shape index (κ1) is 69.0. The number of benzene rings is 5. The van der Waals surface area contributed by atoms with Crippen molar-refractivity contribution in [1.29, 1.82) is 0 Å². The van der Waals surface area contributed by atoms with Gasteiger partial charge in [-0.2, -0.15) is 20.4 Å². The van der Waals surface area contributed by atoms with Crippen molar-refractivity contribution in [2.75, 3.05) is 13.1 Å². The maximum atomic E-state index is 13.9. The first-order valence-electron chi connectivity index (χ1n) is 30.5. The number of hydrogen-bond acceptors (Lipinski definition) is 12. The summed E-state index contributed by atoms with van der Waals surface area (Å²) in [6.07, 6.45) is 6.33. The van der Waals surface area contributed by atoms with Gasteiger partial charge in [0.15, 0.2) is 0 Å². The van der Waals surface area contributed by atoms with Crippen molar-refractivity contribution in [1.82, 2.24) is 49.3 Å². The molecule has 21 nitrogen and oxygen atoms in total. The first-order valence-corrected chi connectivity index (χ1v) is 31.5. The van der Waals surface area contributed by atoms with Gasteiger partial charge in [0, 0.05) is 49.4 Å². The topological polar surface area (TPSA) is 316 Å². The Labute approximate surface area is 553 Å². The summed E-state index contributed by atoms with van der Waals surface area (Å²) in [6.45, 7) is 13.9. The number of nitrogens with one attached hydrogen (secondary N) is 1. The van der Waals surface area contributed by atoms with Gasteiger partial charge in [0.2, 0.25) is 5.91 Å². The molecule has 0 spiro atoms. The van der Waals surface area contributed by atoms with E-state index in [1.165, 1.54) is 48.5 Å². The maximum Gasteiger partial charge on any atom is 0.488 e. The quantitative estimate of drug-likeness (QED) is 0.0401. The van der Waals surface area contributed by atoms with Crippen LogP contribution in [0.1, 0.15) is 123 Å². The SMILES string of the molecule is Cc1cc(F)cc(-c2nn3c(c2C(N)=O)CCCC3)c1.Cc1cc(F)cc(-c2nn3c(c2C(N)=O)CNCC3)c1.Cc1cc(F)cc(B(O)O)c1.Cc1ccc(CC(=O)N2CCn3nc(-c4cc(C)cc(F)c4)c(C(N)=O)c3C2)cc1.NC(=O)c1c(I)nn2c1CCCC2. The molecule has 13 rings (SSSR count). The average molecular weight is 1400 g/mol. The van der Waals surface area contributed by atoms with Crippen LogP contribution in [0.15, 0.2) is 97.1 Å². The summed E-state index contributed by atoms with van der Waals surface area (Å²) < 4.78 is 61.6. The van der Waals surface area contributed by atoms with E-state index in [-0.39, 0.29) is 47.4 Å². The summed E-state index contributed by atoms with van der Waals surface area (Å²) in [7, 11) is -1.59. The number of rotatable bonds is 10. The lowest BCUT2D eigenvalue weighted by molar-refractivity contribution is -0.132. The van der Waals surface area contributed by atoms with Gasteiger partial charge in [-0.15, -0.1) is 0 Å². The number of carbonyl (C=O) groups is 5. The van der Waals surface area contributed by atoms with Crippen molar-refractivity contribution >= 4 is 64.7 Å². The minimum Gasteiger partial charge on any atom is -0.423 e. The van der Waals surface area contributed by atoms with Crippen LogP contribution in [-0.2, 0) is 63.3 Å². The largest absolute Gasteiger partial charge is 0.488 e. The zero-order valence-electron chi connectivity index (χ0n) is 52.6. The number of nitrogens with two attached hydrogens (primary N) is 4. The Balaban J connectivity index is 0.000000144. The van der Waals surface area contributed by atoms with Crippen LogP contribution in [-0.4, -0.2) is 104 Å². The van der Waals surface area contributed by atoms with Gasteiger partial charge >= 0.3 is 7.12 Å². The molecule has 5 aromatic carbocycles. The highest BCUT2D eigenvalue weighted by Gasteiger charge is 2.31. The van der Waals surface area contributed by atoms with E-state index in [2.05, 4.69) is 48.3 Å². The van der Waals surface area contributed by atoms with Gasteiger partial charge in [0.1, 0.15) is 44.1 Å². The molecule has 0 aliphatic carbocycles. The molecule has 9 aromatic rings. The summed E-state index contributed by atoms with van der Waals surface area (Å²) >= 11 is 2.06. The predicted octanol–water partition coefficient (Wildman–Crippen LogP) is 7.36. The van der Waals surface area contributed by atoms with E-state index in [0.717, 1.165) is 113 Å². The molecule has 0 saturated heterocycles. The molecule has 94 heavy (non-hydrogen) atoms. The lowest BCUT2D eigenvalue weighted by atomic mass is 9.80. The van der Waals surface area contributed by atoms with Gasteiger partial charge in [0.05, 0.1) is 71.1 Å². The number of carbonyl (C=O) groups excluding carboxylic acids is 5. The second-order valence-electron chi connectivity index (χ2n) is 23.5. The van der Waals surface area contributed by atoms with Crippen molar-refractivity contribution in [3.8, 4) is 33.8 Å². The van der Waals surface area contributed by atoms with Crippen molar-refractivity contribution in [3.05, 3.63) is 202 Å². The number of amides is 5. The molecule has 4 aliphatic heterocycles. The van der Waals surface area contributed by atoms with Crippen LogP contribution in [0.2, 0.25) is 0 Å². The van der Waals surface area contributed by atoms with Crippen LogP contribution in [0.5, 0.6) is 0 Å². The van der Waals surface area contributed by atoms with Gasteiger partial charge < -0.3 is 43.2 Å². The normalized spacial score (nSPS) is 13.5. The Kier molecular flexibility index (Phi) is 22.2. The zero-order valence-corrected chi connectivity index (χ0v) is 54.7. The van der Waals surface area contributed by atoms with Crippen LogP contribution in [0.3, 0.4) is 0 Å². The molecule has 4 aliphatic rings. The predicted molar refractivity (Wildman–Crippen MR) is 355 cm³/mol. The van der Waals surface area contributed by atoms with E-state index in [0.29, 0.717) is 87.9 Å². The van der Waals surface area contributed by atoms with E-state index in [9.17, 15) is 41.5 Å². The standard InChI is InChI=1S/C23H23FN4O2.C15H16FN3O.C14H15FN4O.C8H10IN3O.C7H8BFO2/c1-14-3-5-16(6-4-14)11-20(29)27-7-8-28-19(13-27)21(23(25)30)22(26-28)17-9-15(2)10-18(24)12-17;1-9-6-10(8-11(16)7-9)14-13(15(17)20)12-4-2-3-5-19(12)18-14;1-8-4-9(6-10(15)5-8)13-12(14(16)20)11-7-17-2-3-19(11)18-13;9-7-6(8(10)13)5-3-1-2-4-12(5)11-7;1-5-2-6(8(10)11)4-7(9)3-5/h3-6,9-10,12H,7-8,11,13H2,1-2H3,(H2,25,30);6-8H,2-5H2,1H3,(H2,17,20);4-6,17H,2-3,7H2,1H3,(H2,16,20);1-4H2,(H2,10,13);2-4,10-11H,1H3. The van der Waals surface area contributed by atoms with Crippen molar-refractivity contribution in [2.24, 2.45) is 22.9 Å². The minimum absolute atomic E-state index is 0.0233. The summed E-state index contributed by atoms with van der Waals surface area (Å²) in [4.78, 5) is 61.5. The highest BCUT2D eigenvalue weighted by Crippen LogP contribution is 2.33. The molecule has 11 N–H and O–H groups in total. The number of fused-ring (bicyclic) bond motifs is 4. The molecule has 490 valence electrons. The van der Waals surface area contributed by atoms with E-state index in [1.807, 2.05) is 53.5 Å². The third-order valence-electron chi connectivity index (χ3n) is 16.1. The lowest BCUT2D eigenvalue weighted by Gasteiger charge is -2.28. The van der Waals surface area contributed by atoms with Gasteiger partial charge in [-0.05, 0) is 196 Å². The molecule has 0 fully saturated rings. The average Bonchev–Trinajstić information content (AvgIpc) is 1.69. The fourth-order valence-corrected chi connectivity index (χ4v) is 12.7. The Hall–Kier alpha value is -9.32. The summed E-state index contributed by atoms with van der Waals surface area (Å²) in [5.41, 5.74) is 35.1. The van der Waals surface area contributed by atoms with Gasteiger partial charge in [-0.1, -0.05) is 35.9 Å². The summed E-state index contributed by atoms with van der Waals surface area (Å²) in [6, 6.07) is 25.6. The minimum atomic E-state index is -1.59. The van der Waals surface area contributed by atoms with Crippen LogP contribution >= 0.6 is 22.6 Å². The maximum absolute atomic E-state index is 13.9. The summed E-state index contributed by atoms with van der Waals surface area (Å²) in [5.74, 6) is -3.58. The molecule has 0 saturated carbocycles. The molecule has 5 amide bonds. The lowest BCUT2D eigenvalue weighted by Crippen LogP contribution is -2.40. The molecule has 0 atom stereocenters. The highest BCUT2D eigenvalue weighted by molar-refractivity contribution is 14.1. The molecular weight excluding hydrogens is 1330 g/mol. The van der Waals surface area contributed by atoms with Crippen LogP contribution < -0.4 is 33.7 Å². The highest BCUT2D eigenvalue weighted by atomic mass is 127. The fraction of sp³-hybridized carbons (Fsp3) is 0.299. The van der Waals surface area contributed by atoms with Gasteiger partial charge in [-0.25, -0.2) is 17.6 Å². The molecule has 0 bridgehead atoms. The number of hydrogen-bond donors (Lipinski definition) is 7. The van der Waals surface area contributed by atoms with E-state index in [1.54, 1.807) is 47.2 Å². The zero-order chi connectivity index (χ0) is 67.8. The van der Waals surface area contributed by atoms with Crippen LogP contribution in [0, 0.1) is 61.6 Å². The Morgan fingerprint density at radius 2 is 0.904 bits per heavy atom. The monoisotopic (exact) mass is 1400 g/mol. The molecule has 27 heteroatoms. The third kappa shape index (κ3) is 16.5. The Bertz CT molecular complexity index is 4150. The Morgan fingerprint density at radius 3 is 1.36 bits per heavy atom. The second kappa shape index (κ2) is 30.2. The number of aryl methyl sites for hydroxylation is 7. The third-order valence-corrected chi connectivity index (χ3v) is 16.8. The van der Waals surface area contributed by atoms with E-state index >= 15 is 0 Å². The molecule has 0 unspecified atom stereocenters. The number of halogens is 5. The van der Waals surface area contributed by atoms with E-state index in [4.69, 9.17) is 33.0 Å². The van der Waals surface area contributed by atoms with Crippen LogP contribution in [0.25, 0.3) is 33.8 Å². The molecule has 0 radical (unpaired) electrons. The molecule has 4 aromatic heterocycles.